The normalized spacial score (nSPS) is 11.1. The fourth-order valence-corrected chi connectivity index (χ4v) is 2.00. The highest BCUT2D eigenvalue weighted by Crippen LogP contribution is 2.30. The lowest BCUT2D eigenvalue weighted by Crippen LogP contribution is -2.18. The quantitative estimate of drug-likeness (QED) is 0.556. The number of anilines is 2. The molecule has 10 heteroatoms. The largest absolute Gasteiger partial charge is 0.497 e. The van der Waals surface area contributed by atoms with Crippen LogP contribution in [0.1, 0.15) is 5.56 Å². The van der Waals surface area contributed by atoms with Gasteiger partial charge in [0.1, 0.15) is 12.0 Å². The van der Waals surface area contributed by atoms with Crippen LogP contribution in [-0.2, 0) is 20.6 Å². The summed E-state index contributed by atoms with van der Waals surface area (Å²) in [6.45, 7) is -0.459. The number of carbonyl (C=O) groups is 2. The maximum atomic E-state index is 12.6. The number of oxime groups is 1. The van der Waals surface area contributed by atoms with Gasteiger partial charge in [0.25, 0.3) is 11.8 Å². The van der Waals surface area contributed by atoms with Crippen LogP contribution in [0.25, 0.3) is 0 Å². The number of halogens is 3. The van der Waals surface area contributed by atoms with Crippen molar-refractivity contribution in [1.29, 1.82) is 0 Å². The number of hydrogen-bond donors (Lipinski definition) is 2. The molecule has 2 N–H and O–H groups in total. The first kappa shape index (κ1) is 20.7. The molecule has 0 aliphatic heterocycles. The Hall–Kier alpha value is -3.56. The molecule has 0 aliphatic carbocycles. The number of methoxy groups -OCH3 is 1. The van der Waals surface area contributed by atoms with Crippen LogP contribution in [0, 0.1) is 0 Å². The van der Waals surface area contributed by atoms with Crippen molar-refractivity contribution in [2.45, 2.75) is 6.18 Å². The Morgan fingerprint density at radius 1 is 1.07 bits per heavy atom. The number of benzene rings is 2. The van der Waals surface area contributed by atoms with Crippen LogP contribution in [-0.4, -0.2) is 31.7 Å². The zero-order chi connectivity index (χ0) is 20.6. The second-order valence-corrected chi connectivity index (χ2v) is 5.35. The fourth-order valence-electron chi connectivity index (χ4n) is 2.00. The molecule has 0 radical (unpaired) electrons. The van der Waals surface area contributed by atoms with Crippen LogP contribution in [0.2, 0.25) is 0 Å². The second kappa shape index (κ2) is 9.40. The molecule has 2 rings (SSSR count). The summed E-state index contributed by atoms with van der Waals surface area (Å²) >= 11 is 0. The second-order valence-electron chi connectivity index (χ2n) is 5.35. The number of amides is 2. The van der Waals surface area contributed by atoms with E-state index >= 15 is 0 Å². The summed E-state index contributed by atoms with van der Waals surface area (Å²) in [5.74, 6) is -0.693. The summed E-state index contributed by atoms with van der Waals surface area (Å²) in [4.78, 5) is 28.0. The molecule has 0 heterocycles. The summed E-state index contributed by atoms with van der Waals surface area (Å²) < 4.78 is 42.9. The molecule has 0 fully saturated rings. The molecule has 0 saturated heterocycles. The average molecular weight is 395 g/mol. The summed E-state index contributed by atoms with van der Waals surface area (Å²) in [5, 5.41) is 8.06. The molecular formula is C18H16F3N3O4. The third kappa shape index (κ3) is 6.63. The first-order chi connectivity index (χ1) is 13.3. The lowest BCUT2D eigenvalue weighted by atomic mass is 10.2. The van der Waals surface area contributed by atoms with E-state index in [1.165, 1.54) is 13.2 Å². The van der Waals surface area contributed by atoms with Crippen molar-refractivity contribution >= 4 is 29.4 Å². The Bertz CT molecular complexity index is 852. The van der Waals surface area contributed by atoms with E-state index in [4.69, 9.17) is 9.57 Å². The Kier molecular flexibility index (Phi) is 6.96. The molecule has 0 aliphatic rings. The van der Waals surface area contributed by atoms with E-state index in [2.05, 4.69) is 15.8 Å². The van der Waals surface area contributed by atoms with Crippen molar-refractivity contribution in [2.75, 3.05) is 24.4 Å². The van der Waals surface area contributed by atoms with E-state index in [1.54, 1.807) is 24.3 Å². The summed E-state index contributed by atoms with van der Waals surface area (Å²) in [6, 6.07) is 10.7. The number of alkyl halides is 3. The van der Waals surface area contributed by atoms with Crippen LogP contribution in [0.15, 0.2) is 53.7 Å². The Morgan fingerprint density at radius 3 is 2.43 bits per heavy atom. The molecule has 2 amide bonds. The molecule has 0 bridgehead atoms. The third-order valence-electron chi connectivity index (χ3n) is 3.27. The van der Waals surface area contributed by atoms with Crippen molar-refractivity contribution in [3.8, 4) is 5.75 Å². The molecule has 0 aromatic heterocycles. The van der Waals surface area contributed by atoms with Gasteiger partial charge in [0.2, 0.25) is 0 Å². The molecular weight excluding hydrogens is 379 g/mol. The fraction of sp³-hybridized carbons (Fsp3) is 0.167. The van der Waals surface area contributed by atoms with Gasteiger partial charge >= 0.3 is 6.18 Å². The maximum absolute atomic E-state index is 12.6. The lowest BCUT2D eigenvalue weighted by Gasteiger charge is -2.08. The summed E-state index contributed by atoms with van der Waals surface area (Å²) in [5.41, 5.74) is -0.433. The number of carbonyl (C=O) groups excluding carboxylic acids is 2. The first-order valence-corrected chi connectivity index (χ1v) is 7.85. The number of rotatable bonds is 7. The minimum Gasteiger partial charge on any atom is -0.497 e. The summed E-state index contributed by atoms with van der Waals surface area (Å²) in [6.07, 6.45) is -3.81. The van der Waals surface area contributed by atoms with Crippen LogP contribution < -0.4 is 15.4 Å². The predicted molar refractivity (Wildman–Crippen MR) is 96.1 cm³/mol. The summed E-state index contributed by atoms with van der Waals surface area (Å²) in [7, 11) is 1.52. The standard InChI is InChI=1S/C18H16F3N3O4/c1-27-15-7-5-13(6-8-15)23-17(26)11-28-22-10-16(25)24-14-4-2-3-12(9-14)18(19,20)21/h2-10H,11H2,1H3,(H,23,26)(H,24,25)/b22-10+. The van der Waals surface area contributed by atoms with E-state index < -0.39 is 30.2 Å². The molecule has 0 spiro atoms. The van der Waals surface area contributed by atoms with Crippen molar-refractivity contribution in [3.05, 3.63) is 54.1 Å². The van der Waals surface area contributed by atoms with Crippen molar-refractivity contribution in [1.82, 2.24) is 0 Å². The van der Waals surface area contributed by atoms with Gasteiger partial charge in [0.15, 0.2) is 6.61 Å². The van der Waals surface area contributed by atoms with Crippen LogP contribution in [0.4, 0.5) is 24.5 Å². The van der Waals surface area contributed by atoms with Gasteiger partial charge in [-0.15, -0.1) is 0 Å². The molecule has 148 valence electrons. The van der Waals surface area contributed by atoms with Gasteiger partial charge in [0, 0.05) is 11.4 Å². The van der Waals surface area contributed by atoms with Gasteiger partial charge in [-0.3, -0.25) is 9.59 Å². The van der Waals surface area contributed by atoms with Gasteiger partial charge in [0.05, 0.1) is 12.7 Å². The zero-order valence-corrected chi connectivity index (χ0v) is 14.6. The third-order valence-corrected chi connectivity index (χ3v) is 3.27. The van der Waals surface area contributed by atoms with Gasteiger partial charge in [-0.2, -0.15) is 13.2 Å². The topological polar surface area (TPSA) is 89.0 Å². The molecule has 2 aromatic rings. The Labute approximate surface area is 158 Å². The van der Waals surface area contributed by atoms with Gasteiger partial charge in [-0.05, 0) is 42.5 Å². The highest BCUT2D eigenvalue weighted by atomic mass is 19.4. The average Bonchev–Trinajstić information content (AvgIpc) is 2.65. The van der Waals surface area contributed by atoms with Crippen molar-refractivity contribution in [2.24, 2.45) is 5.16 Å². The molecule has 0 saturated carbocycles. The number of nitrogens with zero attached hydrogens (tertiary/aromatic N) is 1. The van der Waals surface area contributed by atoms with E-state index in [0.717, 1.165) is 18.2 Å². The first-order valence-electron chi connectivity index (χ1n) is 7.85. The molecule has 7 nitrogen and oxygen atoms in total. The number of hydrogen-bond acceptors (Lipinski definition) is 5. The molecule has 0 atom stereocenters. The van der Waals surface area contributed by atoms with E-state index in [-0.39, 0.29) is 5.69 Å². The monoisotopic (exact) mass is 395 g/mol. The smallest absolute Gasteiger partial charge is 0.416 e. The predicted octanol–water partition coefficient (Wildman–Crippen LogP) is 3.29. The van der Waals surface area contributed by atoms with E-state index in [0.29, 0.717) is 17.7 Å². The van der Waals surface area contributed by atoms with Crippen LogP contribution in [0.3, 0.4) is 0 Å². The molecule has 28 heavy (non-hydrogen) atoms. The molecule has 0 unspecified atom stereocenters. The van der Waals surface area contributed by atoms with Crippen molar-refractivity contribution in [3.63, 3.8) is 0 Å². The number of nitrogens with one attached hydrogen (secondary N) is 2. The number of ether oxygens (including phenoxy) is 1. The highest BCUT2D eigenvalue weighted by Gasteiger charge is 2.30. The van der Waals surface area contributed by atoms with E-state index in [1.807, 2.05) is 0 Å². The van der Waals surface area contributed by atoms with Crippen LogP contribution >= 0.6 is 0 Å². The highest BCUT2D eigenvalue weighted by molar-refractivity contribution is 6.31. The minimum atomic E-state index is -4.52. The lowest BCUT2D eigenvalue weighted by molar-refractivity contribution is -0.137. The van der Waals surface area contributed by atoms with Gasteiger partial charge in [-0.1, -0.05) is 11.2 Å². The molecule has 2 aromatic carbocycles. The van der Waals surface area contributed by atoms with Gasteiger partial charge < -0.3 is 20.2 Å². The van der Waals surface area contributed by atoms with Gasteiger partial charge in [-0.25, -0.2) is 0 Å². The zero-order valence-electron chi connectivity index (χ0n) is 14.6. The van der Waals surface area contributed by atoms with E-state index in [9.17, 15) is 22.8 Å². The van der Waals surface area contributed by atoms with Crippen molar-refractivity contribution < 1.29 is 32.3 Å². The Balaban J connectivity index is 1.77. The Morgan fingerprint density at radius 2 is 1.79 bits per heavy atom. The van der Waals surface area contributed by atoms with Crippen LogP contribution in [0.5, 0.6) is 5.75 Å². The minimum absolute atomic E-state index is 0.0523. The maximum Gasteiger partial charge on any atom is 0.416 e. The SMILES string of the molecule is COc1ccc(NC(=O)CO/N=C/C(=O)Nc2cccc(C(F)(F)F)c2)cc1.